The molecule has 0 bridgehead atoms. The van der Waals surface area contributed by atoms with Crippen LogP contribution in [0.25, 0.3) is 17.0 Å². The molecule has 3 aromatic rings. The lowest BCUT2D eigenvalue weighted by Crippen LogP contribution is -1.85. The van der Waals surface area contributed by atoms with Crippen molar-refractivity contribution in [2.75, 3.05) is 0 Å². The van der Waals surface area contributed by atoms with Gasteiger partial charge in [0.1, 0.15) is 5.69 Å². The minimum Gasteiger partial charge on any atom is -0.463 e. The van der Waals surface area contributed by atoms with E-state index in [4.69, 9.17) is 4.42 Å². The zero-order chi connectivity index (χ0) is 9.38. The molecule has 68 valence electrons. The molecule has 0 fully saturated rings. The quantitative estimate of drug-likeness (QED) is 0.582. The summed E-state index contributed by atoms with van der Waals surface area (Å²) in [4.78, 5) is 4.02. The predicted molar refractivity (Wildman–Crippen MR) is 50.7 cm³/mol. The van der Waals surface area contributed by atoms with Crippen molar-refractivity contribution < 1.29 is 4.42 Å². The Kier molecular flexibility index (Phi) is 1.41. The molecule has 0 saturated heterocycles. The molecule has 0 aromatic carbocycles. The van der Waals surface area contributed by atoms with E-state index in [1.54, 1.807) is 23.2 Å². The Morgan fingerprint density at radius 1 is 1.36 bits per heavy atom. The second-order valence-corrected chi connectivity index (χ2v) is 2.95. The maximum absolute atomic E-state index is 5.25. The third-order valence-electron chi connectivity index (χ3n) is 2.04. The molecule has 4 nitrogen and oxygen atoms in total. The summed E-state index contributed by atoms with van der Waals surface area (Å²) < 4.78 is 7.02. The first-order valence-electron chi connectivity index (χ1n) is 4.27. The van der Waals surface area contributed by atoms with E-state index in [0.717, 1.165) is 17.0 Å². The normalized spacial score (nSPS) is 10.9. The maximum atomic E-state index is 5.25. The Labute approximate surface area is 79.8 Å². The number of furan rings is 1. The van der Waals surface area contributed by atoms with Gasteiger partial charge in [0.2, 0.25) is 0 Å². The molecule has 3 heterocycles. The maximum Gasteiger partial charge on any atom is 0.154 e. The molecule has 0 amide bonds. The largest absolute Gasteiger partial charge is 0.463 e. The first kappa shape index (κ1) is 7.32. The first-order chi connectivity index (χ1) is 6.93. The van der Waals surface area contributed by atoms with E-state index in [1.165, 1.54) is 0 Å². The molecule has 0 saturated carbocycles. The van der Waals surface area contributed by atoms with Crippen LogP contribution in [0, 0.1) is 0 Å². The van der Waals surface area contributed by atoms with Crippen LogP contribution < -0.4 is 0 Å². The summed E-state index contributed by atoms with van der Waals surface area (Å²) in [7, 11) is 0. The van der Waals surface area contributed by atoms with Gasteiger partial charge in [-0.15, -0.1) is 0 Å². The van der Waals surface area contributed by atoms with Gasteiger partial charge in [0.15, 0.2) is 5.76 Å². The Morgan fingerprint density at radius 3 is 3.14 bits per heavy atom. The summed E-state index contributed by atoms with van der Waals surface area (Å²) >= 11 is 0. The van der Waals surface area contributed by atoms with Crippen LogP contribution >= 0.6 is 0 Å². The molecule has 3 aromatic heterocycles. The van der Waals surface area contributed by atoms with Crippen LogP contribution in [0.15, 0.2) is 47.5 Å². The van der Waals surface area contributed by atoms with Crippen molar-refractivity contribution in [2.24, 2.45) is 0 Å². The molecular weight excluding hydrogens is 178 g/mol. The minimum atomic E-state index is 0.772. The van der Waals surface area contributed by atoms with E-state index >= 15 is 0 Å². The average Bonchev–Trinajstić information content (AvgIpc) is 2.86. The van der Waals surface area contributed by atoms with E-state index < -0.39 is 0 Å². The zero-order valence-electron chi connectivity index (χ0n) is 7.29. The van der Waals surface area contributed by atoms with E-state index in [0.29, 0.717) is 0 Å². The van der Waals surface area contributed by atoms with Crippen LogP contribution in [0.5, 0.6) is 0 Å². The Bertz CT molecular complexity index is 521. The van der Waals surface area contributed by atoms with Crippen molar-refractivity contribution in [1.29, 1.82) is 0 Å². The smallest absolute Gasteiger partial charge is 0.154 e. The van der Waals surface area contributed by atoms with Gasteiger partial charge in [-0.05, 0) is 18.2 Å². The fourth-order valence-corrected chi connectivity index (χ4v) is 1.39. The SMILES string of the molecule is c1coc(-c2cc3cnccn3n2)c1. The summed E-state index contributed by atoms with van der Waals surface area (Å²) in [6.07, 6.45) is 6.91. The zero-order valence-corrected chi connectivity index (χ0v) is 7.29. The van der Waals surface area contributed by atoms with Gasteiger partial charge < -0.3 is 4.42 Å². The number of rotatable bonds is 1. The number of hydrogen-bond acceptors (Lipinski definition) is 3. The lowest BCUT2D eigenvalue weighted by Gasteiger charge is -1.87. The average molecular weight is 185 g/mol. The lowest BCUT2D eigenvalue weighted by atomic mass is 10.3. The molecule has 0 aliphatic rings. The van der Waals surface area contributed by atoms with Gasteiger partial charge in [-0.25, -0.2) is 4.52 Å². The van der Waals surface area contributed by atoms with E-state index in [1.807, 2.05) is 24.4 Å². The Morgan fingerprint density at radius 2 is 2.36 bits per heavy atom. The van der Waals surface area contributed by atoms with Crippen molar-refractivity contribution in [3.63, 3.8) is 0 Å². The lowest BCUT2D eigenvalue weighted by molar-refractivity contribution is 0.579. The predicted octanol–water partition coefficient (Wildman–Crippen LogP) is 1.99. The molecule has 0 unspecified atom stereocenters. The molecule has 3 rings (SSSR count). The third-order valence-corrected chi connectivity index (χ3v) is 2.04. The Hall–Kier alpha value is -2.10. The number of nitrogens with zero attached hydrogens (tertiary/aromatic N) is 3. The second-order valence-electron chi connectivity index (χ2n) is 2.95. The summed E-state index contributed by atoms with van der Waals surface area (Å²) in [5.41, 5.74) is 1.78. The molecule has 0 atom stereocenters. The van der Waals surface area contributed by atoms with Crippen LogP contribution in [-0.4, -0.2) is 14.6 Å². The highest BCUT2D eigenvalue weighted by atomic mass is 16.3. The fourth-order valence-electron chi connectivity index (χ4n) is 1.39. The van der Waals surface area contributed by atoms with Gasteiger partial charge in [0.05, 0.1) is 18.0 Å². The molecule has 14 heavy (non-hydrogen) atoms. The molecule has 0 aliphatic heterocycles. The van der Waals surface area contributed by atoms with Gasteiger partial charge in [-0.1, -0.05) is 0 Å². The molecule has 4 heteroatoms. The van der Waals surface area contributed by atoms with Crippen molar-refractivity contribution in [3.05, 3.63) is 43.1 Å². The summed E-state index contributed by atoms with van der Waals surface area (Å²) in [5.74, 6) is 0.772. The highest BCUT2D eigenvalue weighted by Gasteiger charge is 2.05. The van der Waals surface area contributed by atoms with E-state index in [2.05, 4.69) is 10.1 Å². The molecule has 0 aliphatic carbocycles. The van der Waals surface area contributed by atoms with Gasteiger partial charge in [-0.2, -0.15) is 5.10 Å². The number of aromatic nitrogens is 3. The standard InChI is InChI=1S/C10H7N3O/c1-2-10(14-5-1)9-6-8-7-11-3-4-13(8)12-9/h1-7H. The highest BCUT2D eigenvalue weighted by Crippen LogP contribution is 2.19. The van der Waals surface area contributed by atoms with E-state index in [-0.39, 0.29) is 0 Å². The molecule has 0 spiro atoms. The Balaban J connectivity index is 2.24. The molecular formula is C10H7N3O. The van der Waals surface area contributed by atoms with Crippen LogP contribution in [0.4, 0.5) is 0 Å². The van der Waals surface area contributed by atoms with Crippen LogP contribution in [0.2, 0.25) is 0 Å². The summed E-state index contributed by atoms with van der Waals surface area (Å²) in [6, 6.07) is 5.67. The second kappa shape index (κ2) is 2.70. The summed E-state index contributed by atoms with van der Waals surface area (Å²) in [5, 5.41) is 4.34. The van der Waals surface area contributed by atoms with Gasteiger partial charge in [0, 0.05) is 12.4 Å². The van der Waals surface area contributed by atoms with Crippen molar-refractivity contribution in [2.45, 2.75) is 0 Å². The molecule has 0 N–H and O–H groups in total. The third kappa shape index (κ3) is 1.01. The van der Waals surface area contributed by atoms with E-state index in [9.17, 15) is 0 Å². The van der Waals surface area contributed by atoms with Crippen LogP contribution in [-0.2, 0) is 0 Å². The van der Waals surface area contributed by atoms with Gasteiger partial charge >= 0.3 is 0 Å². The highest BCUT2D eigenvalue weighted by molar-refractivity contribution is 5.60. The van der Waals surface area contributed by atoms with Crippen molar-refractivity contribution in [3.8, 4) is 11.5 Å². The fraction of sp³-hybridized carbons (Fsp3) is 0. The van der Waals surface area contributed by atoms with Gasteiger partial charge in [0.25, 0.3) is 0 Å². The molecule has 0 radical (unpaired) electrons. The van der Waals surface area contributed by atoms with Gasteiger partial charge in [-0.3, -0.25) is 4.98 Å². The van der Waals surface area contributed by atoms with Crippen LogP contribution in [0.3, 0.4) is 0 Å². The minimum absolute atomic E-state index is 0.772. The van der Waals surface area contributed by atoms with Crippen molar-refractivity contribution >= 4 is 5.52 Å². The van der Waals surface area contributed by atoms with Crippen molar-refractivity contribution in [1.82, 2.24) is 14.6 Å². The topological polar surface area (TPSA) is 43.3 Å². The number of hydrogen-bond donors (Lipinski definition) is 0. The first-order valence-corrected chi connectivity index (χ1v) is 4.27. The number of fused-ring (bicyclic) bond motifs is 1. The summed E-state index contributed by atoms with van der Waals surface area (Å²) in [6.45, 7) is 0. The van der Waals surface area contributed by atoms with Crippen LogP contribution in [0.1, 0.15) is 0 Å². The monoisotopic (exact) mass is 185 g/mol.